The predicted molar refractivity (Wildman–Crippen MR) is 81.6 cm³/mol. The van der Waals surface area contributed by atoms with E-state index < -0.39 is 15.6 Å². The van der Waals surface area contributed by atoms with Crippen molar-refractivity contribution < 1.29 is 17.9 Å². The van der Waals surface area contributed by atoms with Gasteiger partial charge in [-0.2, -0.15) is 0 Å². The Morgan fingerprint density at radius 1 is 1.29 bits per heavy atom. The summed E-state index contributed by atoms with van der Waals surface area (Å²) in [5.41, 5.74) is -0.182. The summed E-state index contributed by atoms with van der Waals surface area (Å²) in [5, 5.41) is 3.11. The van der Waals surface area contributed by atoms with Crippen molar-refractivity contribution in [3.05, 3.63) is 24.3 Å². The van der Waals surface area contributed by atoms with Crippen LogP contribution in [-0.4, -0.2) is 34.1 Å². The minimum absolute atomic E-state index is 0.172. The van der Waals surface area contributed by atoms with Crippen LogP contribution < -0.4 is 10.0 Å². The highest BCUT2D eigenvalue weighted by molar-refractivity contribution is 7.89. The molecule has 6 nitrogen and oxygen atoms in total. The van der Waals surface area contributed by atoms with E-state index in [9.17, 15) is 13.2 Å². The summed E-state index contributed by atoms with van der Waals surface area (Å²) in [5.74, 6) is -0.351. The average Bonchev–Trinajstić information content (AvgIpc) is 2.47. The van der Waals surface area contributed by atoms with Gasteiger partial charge in [-0.05, 0) is 44.7 Å². The summed E-state index contributed by atoms with van der Waals surface area (Å²) in [4.78, 5) is 12.1. The molecule has 0 fully saturated rings. The van der Waals surface area contributed by atoms with Gasteiger partial charge in [0.2, 0.25) is 10.0 Å². The maximum Gasteiger partial charge on any atom is 0.331 e. The molecule has 0 saturated carbocycles. The lowest BCUT2D eigenvalue weighted by atomic mass is 9.96. The van der Waals surface area contributed by atoms with Gasteiger partial charge in [-0.1, -0.05) is 13.3 Å². The van der Waals surface area contributed by atoms with Crippen LogP contribution in [0, 0.1) is 0 Å². The standard InChI is InChI=1S/C14H22N2O4S/c1-5-10-14(2,13(17)20-4)16-11-6-8-12(9-7-11)21(18,19)15-3/h6-9,15-16H,5,10H2,1-4H3. The van der Waals surface area contributed by atoms with Crippen molar-refractivity contribution in [3.63, 3.8) is 0 Å². The van der Waals surface area contributed by atoms with Gasteiger partial charge in [0.15, 0.2) is 0 Å². The van der Waals surface area contributed by atoms with Crippen molar-refractivity contribution in [1.29, 1.82) is 0 Å². The molecular weight excluding hydrogens is 292 g/mol. The monoisotopic (exact) mass is 314 g/mol. The van der Waals surface area contributed by atoms with Crippen LogP contribution in [0.15, 0.2) is 29.2 Å². The molecule has 0 heterocycles. The van der Waals surface area contributed by atoms with Crippen LogP contribution in [0.25, 0.3) is 0 Å². The van der Waals surface area contributed by atoms with Crippen molar-refractivity contribution in [3.8, 4) is 0 Å². The number of rotatable bonds is 7. The van der Waals surface area contributed by atoms with E-state index in [2.05, 4.69) is 10.0 Å². The smallest absolute Gasteiger partial charge is 0.331 e. The minimum atomic E-state index is -3.46. The van der Waals surface area contributed by atoms with E-state index in [1.54, 1.807) is 19.1 Å². The quantitative estimate of drug-likeness (QED) is 0.749. The van der Waals surface area contributed by atoms with Gasteiger partial charge in [0, 0.05) is 5.69 Å². The first-order valence-electron chi connectivity index (χ1n) is 6.69. The zero-order chi connectivity index (χ0) is 16.1. The number of ether oxygens (including phenoxy) is 1. The van der Waals surface area contributed by atoms with Gasteiger partial charge in [0.05, 0.1) is 12.0 Å². The molecular formula is C14H22N2O4S. The molecule has 0 aliphatic rings. The van der Waals surface area contributed by atoms with Gasteiger partial charge in [0.1, 0.15) is 5.54 Å². The number of methoxy groups -OCH3 is 1. The molecule has 1 aromatic rings. The van der Waals surface area contributed by atoms with E-state index in [0.717, 1.165) is 6.42 Å². The number of hydrogen-bond donors (Lipinski definition) is 2. The zero-order valence-electron chi connectivity index (χ0n) is 12.8. The first kappa shape index (κ1) is 17.5. The average molecular weight is 314 g/mol. The molecule has 1 atom stereocenters. The second-order valence-electron chi connectivity index (χ2n) is 4.93. The predicted octanol–water partition coefficient (Wildman–Crippen LogP) is 1.74. The third kappa shape index (κ3) is 4.18. The third-order valence-corrected chi connectivity index (χ3v) is 4.67. The molecule has 0 aliphatic heterocycles. The Balaban J connectivity index is 2.99. The van der Waals surface area contributed by atoms with Gasteiger partial charge < -0.3 is 10.1 Å². The SMILES string of the molecule is CCCC(C)(Nc1ccc(S(=O)(=O)NC)cc1)C(=O)OC. The van der Waals surface area contributed by atoms with Crippen molar-refractivity contribution in [2.24, 2.45) is 0 Å². The second-order valence-corrected chi connectivity index (χ2v) is 6.82. The Hall–Kier alpha value is -1.60. The number of benzene rings is 1. The topological polar surface area (TPSA) is 84.5 Å². The van der Waals surface area contributed by atoms with Crippen LogP contribution in [0.1, 0.15) is 26.7 Å². The maximum absolute atomic E-state index is 11.9. The summed E-state index contributed by atoms with van der Waals surface area (Å²) in [6.45, 7) is 3.74. The van der Waals surface area contributed by atoms with Crippen LogP contribution in [0.4, 0.5) is 5.69 Å². The van der Waals surface area contributed by atoms with Crippen molar-refractivity contribution in [1.82, 2.24) is 4.72 Å². The summed E-state index contributed by atoms with van der Waals surface area (Å²) in [7, 11) is -0.753. The van der Waals surface area contributed by atoms with Crippen LogP contribution in [0.5, 0.6) is 0 Å². The number of sulfonamides is 1. The molecule has 1 unspecified atom stereocenters. The summed E-state index contributed by atoms with van der Waals surface area (Å²) in [6, 6.07) is 6.22. The highest BCUT2D eigenvalue weighted by atomic mass is 32.2. The first-order valence-corrected chi connectivity index (χ1v) is 8.17. The van der Waals surface area contributed by atoms with Gasteiger partial charge in [-0.25, -0.2) is 17.9 Å². The number of esters is 1. The summed E-state index contributed by atoms with van der Waals surface area (Å²) >= 11 is 0. The third-order valence-electron chi connectivity index (χ3n) is 3.24. The molecule has 1 rings (SSSR count). The van der Waals surface area contributed by atoms with Gasteiger partial charge >= 0.3 is 5.97 Å². The number of hydrogen-bond acceptors (Lipinski definition) is 5. The summed E-state index contributed by atoms with van der Waals surface area (Å²) < 4.78 is 30.4. The van der Waals surface area contributed by atoms with Crippen LogP contribution in [0.3, 0.4) is 0 Å². The van der Waals surface area contributed by atoms with Crippen LogP contribution >= 0.6 is 0 Å². The number of nitrogens with one attached hydrogen (secondary N) is 2. The molecule has 0 bridgehead atoms. The Labute approximate surface area is 125 Å². The molecule has 0 amide bonds. The van der Waals surface area contributed by atoms with E-state index in [4.69, 9.17) is 4.74 Å². The van der Waals surface area contributed by atoms with E-state index in [-0.39, 0.29) is 10.9 Å². The highest BCUT2D eigenvalue weighted by Crippen LogP contribution is 2.23. The molecule has 0 aliphatic carbocycles. The lowest BCUT2D eigenvalue weighted by Crippen LogP contribution is -2.44. The molecule has 0 aromatic heterocycles. The molecule has 21 heavy (non-hydrogen) atoms. The first-order chi connectivity index (χ1) is 9.79. The lowest BCUT2D eigenvalue weighted by Gasteiger charge is -2.28. The Morgan fingerprint density at radius 2 is 1.86 bits per heavy atom. The van der Waals surface area contributed by atoms with Gasteiger partial charge in [-0.3, -0.25) is 0 Å². The van der Waals surface area contributed by atoms with E-state index in [1.807, 2.05) is 6.92 Å². The Morgan fingerprint density at radius 3 is 2.29 bits per heavy atom. The summed E-state index contributed by atoms with van der Waals surface area (Å²) in [6.07, 6.45) is 1.42. The lowest BCUT2D eigenvalue weighted by molar-refractivity contribution is -0.145. The fraction of sp³-hybridized carbons (Fsp3) is 0.500. The largest absolute Gasteiger partial charge is 0.467 e. The van der Waals surface area contributed by atoms with Gasteiger partial charge in [0.25, 0.3) is 0 Å². The van der Waals surface area contributed by atoms with Crippen molar-refractivity contribution in [2.45, 2.75) is 37.1 Å². The number of carbonyl (C=O) groups excluding carboxylic acids is 1. The zero-order valence-corrected chi connectivity index (χ0v) is 13.6. The second kappa shape index (κ2) is 6.91. The highest BCUT2D eigenvalue weighted by Gasteiger charge is 2.33. The Bertz CT molecular complexity index is 583. The molecule has 1 aromatic carbocycles. The number of anilines is 1. The van der Waals surface area contributed by atoms with Gasteiger partial charge in [-0.15, -0.1) is 0 Å². The number of carbonyl (C=O) groups is 1. The van der Waals surface area contributed by atoms with E-state index >= 15 is 0 Å². The fourth-order valence-corrected chi connectivity index (χ4v) is 2.82. The maximum atomic E-state index is 11.9. The van der Waals surface area contributed by atoms with E-state index in [1.165, 1.54) is 26.3 Å². The molecule has 2 N–H and O–H groups in total. The molecule has 0 saturated heterocycles. The Kier molecular flexibility index (Phi) is 5.74. The van der Waals surface area contributed by atoms with E-state index in [0.29, 0.717) is 12.1 Å². The molecule has 0 radical (unpaired) electrons. The molecule has 118 valence electrons. The van der Waals surface area contributed by atoms with Crippen molar-refractivity contribution in [2.75, 3.05) is 19.5 Å². The van der Waals surface area contributed by atoms with Crippen molar-refractivity contribution >= 4 is 21.7 Å². The van der Waals surface area contributed by atoms with Crippen LogP contribution in [0.2, 0.25) is 0 Å². The van der Waals surface area contributed by atoms with Crippen LogP contribution in [-0.2, 0) is 19.6 Å². The molecule has 7 heteroatoms. The minimum Gasteiger partial charge on any atom is -0.467 e. The fourth-order valence-electron chi connectivity index (χ4n) is 2.09. The molecule has 0 spiro atoms. The normalized spacial score (nSPS) is 14.3.